The second kappa shape index (κ2) is 5.42. The van der Waals surface area contributed by atoms with Gasteiger partial charge in [0.1, 0.15) is 0 Å². The Balaban J connectivity index is 2.26. The average Bonchev–Trinajstić information content (AvgIpc) is 2.74. The molecule has 6 heteroatoms. The van der Waals surface area contributed by atoms with Crippen LogP contribution in [0, 0.1) is 6.92 Å². The van der Waals surface area contributed by atoms with Crippen LogP contribution >= 0.6 is 22.9 Å². The van der Waals surface area contributed by atoms with Gasteiger partial charge in [0.05, 0.1) is 11.1 Å². The van der Waals surface area contributed by atoms with Crippen LogP contribution in [0.25, 0.3) is 0 Å². The fourth-order valence-electron chi connectivity index (χ4n) is 1.58. The number of halogens is 1. The molecule has 0 saturated carbocycles. The minimum atomic E-state index is -1.09. The van der Waals surface area contributed by atoms with Crippen LogP contribution in [0.4, 0.5) is 5.69 Å². The summed E-state index contributed by atoms with van der Waals surface area (Å²) in [4.78, 5) is 22.9. The van der Waals surface area contributed by atoms with Crippen LogP contribution < -0.4 is 5.32 Å². The van der Waals surface area contributed by atoms with E-state index in [1.807, 2.05) is 12.3 Å². The van der Waals surface area contributed by atoms with Crippen molar-refractivity contribution in [3.63, 3.8) is 0 Å². The van der Waals surface area contributed by atoms with Gasteiger partial charge < -0.3 is 10.4 Å². The van der Waals surface area contributed by atoms with Crippen LogP contribution in [0.3, 0.4) is 0 Å². The Kier molecular flexibility index (Phi) is 3.87. The van der Waals surface area contributed by atoms with Crippen molar-refractivity contribution in [1.29, 1.82) is 0 Å². The lowest BCUT2D eigenvalue weighted by Crippen LogP contribution is -2.12. The Morgan fingerprint density at radius 3 is 2.58 bits per heavy atom. The normalized spacial score (nSPS) is 10.2. The standard InChI is InChI=1S/C13H10ClNO3S/c1-7-5-19-6-11(7)12(16)15-10-3-8(13(17)18)2-9(14)4-10/h2-6H,1H3,(H,15,16)(H,17,18). The van der Waals surface area contributed by atoms with Gasteiger partial charge in [-0.3, -0.25) is 4.79 Å². The first-order valence-electron chi connectivity index (χ1n) is 5.35. The maximum atomic E-state index is 12.0. The number of carbonyl (C=O) groups is 2. The van der Waals surface area contributed by atoms with Gasteiger partial charge in [-0.05, 0) is 36.1 Å². The van der Waals surface area contributed by atoms with Crippen molar-refractivity contribution >= 4 is 40.5 Å². The van der Waals surface area contributed by atoms with Gasteiger partial charge in [-0.15, -0.1) is 0 Å². The van der Waals surface area contributed by atoms with E-state index in [2.05, 4.69) is 5.32 Å². The zero-order valence-electron chi connectivity index (χ0n) is 9.94. The van der Waals surface area contributed by atoms with Crippen LogP contribution in [-0.2, 0) is 0 Å². The summed E-state index contributed by atoms with van der Waals surface area (Å²) in [6.45, 7) is 1.84. The number of carboxylic acids is 1. The molecule has 0 fully saturated rings. The molecule has 0 saturated heterocycles. The molecule has 2 rings (SSSR count). The number of hydrogen-bond acceptors (Lipinski definition) is 3. The number of aromatic carboxylic acids is 1. The molecule has 0 unspecified atom stereocenters. The highest BCUT2D eigenvalue weighted by Gasteiger charge is 2.12. The van der Waals surface area contributed by atoms with E-state index in [1.54, 1.807) is 5.38 Å². The summed E-state index contributed by atoms with van der Waals surface area (Å²) in [5.41, 5.74) is 1.84. The number of amides is 1. The predicted octanol–water partition coefficient (Wildman–Crippen LogP) is 3.66. The minimum absolute atomic E-state index is 0.0323. The van der Waals surface area contributed by atoms with Crippen LogP contribution in [-0.4, -0.2) is 17.0 Å². The van der Waals surface area contributed by atoms with E-state index in [0.29, 0.717) is 11.3 Å². The van der Waals surface area contributed by atoms with Gasteiger partial charge in [-0.25, -0.2) is 4.79 Å². The summed E-state index contributed by atoms with van der Waals surface area (Å²) in [7, 11) is 0. The number of carboxylic acid groups (broad SMARTS) is 1. The molecule has 0 atom stereocenters. The second-order valence-corrected chi connectivity index (χ2v) is 5.14. The predicted molar refractivity (Wildman–Crippen MR) is 75.4 cm³/mol. The number of aryl methyl sites for hydroxylation is 1. The Labute approximate surface area is 118 Å². The highest BCUT2D eigenvalue weighted by atomic mass is 35.5. The molecule has 2 N–H and O–H groups in total. The second-order valence-electron chi connectivity index (χ2n) is 3.96. The maximum Gasteiger partial charge on any atom is 0.335 e. The van der Waals surface area contributed by atoms with Crippen LogP contribution in [0.5, 0.6) is 0 Å². The third-order valence-electron chi connectivity index (χ3n) is 2.50. The van der Waals surface area contributed by atoms with Crippen molar-refractivity contribution in [3.8, 4) is 0 Å². The Hall–Kier alpha value is -1.85. The van der Waals surface area contributed by atoms with E-state index in [4.69, 9.17) is 16.7 Å². The van der Waals surface area contributed by atoms with Gasteiger partial charge in [0.2, 0.25) is 0 Å². The quantitative estimate of drug-likeness (QED) is 0.908. The molecule has 1 aromatic heterocycles. The molecule has 2 aromatic rings. The van der Waals surface area contributed by atoms with E-state index >= 15 is 0 Å². The summed E-state index contributed by atoms with van der Waals surface area (Å²) in [5, 5.41) is 15.4. The van der Waals surface area contributed by atoms with Crippen molar-refractivity contribution < 1.29 is 14.7 Å². The monoisotopic (exact) mass is 295 g/mol. The first-order valence-corrected chi connectivity index (χ1v) is 6.67. The Morgan fingerprint density at radius 2 is 2.00 bits per heavy atom. The minimum Gasteiger partial charge on any atom is -0.478 e. The van der Waals surface area contributed by atoms with E-state index in [-0.39, 0.29) is 16.5 Å². The van der Waals surface area contributed by atoms with Crippen LogP contribution in [0.1, 0.15) is 26.3 Å². The third kappa shape index (κ3) is 3.13. The molecular weight excluding hydrogens is 286 g/mol. The van der Waals surface area contributed by atoms with Crippen LogP contribution in [0.15, 0.2) is 29.0 Å². The van der Waals surface area contributed by atoms with Gasteiger partial charge in [0.15, 0.2) is 0 Å². The van der Waals surface area contributed by atoms with Crippen molar-refractivity contribution in [2.75, 3.05) is 5.32 Å². The van der Waals surface area contributed by atoms with Gasteiger partial charge in [-0.1, -0.05) is 11.6 Å². The van der Waals surface area contributed by atoms with Gasteiger partial charge in [0, 0.05) is 16.1 Å². The lowest BCUT2D eigenvalue weighted by Gasteiger charge is -2.06. The van der Waals surface area contributed by atoms with Gasteiger partial charge >= 0.3 is 5.97 Å². The molecule has 1 aromatic carbocycles. The number of benzene rings is 1. The van der Waals surface area contributed by atoms with Crippen molar-refractivity contribution in [2.45, 2.75) is 6.92 Å². The molecule has 0 radical (unpaired) electrons. The third-order valence-corrected chi connectivity index (χ3v) is 3.58. The highest BCUT2D eigenvalue weighted by molar-refractivity contribution is 7.08. The summed E-state index contributed by atoms with van der Waals surface area (Å²) < 4.78 is 0. The molecule has 1 amide bonds. The summed E-state index contributed by atoms with van der Waals surface area (Å²) in [6, 6.07) is 4.21. The zero-order chi connectivity index (χ0) is 14.0. The lowest BCUT2D eigenvalue weighted by molar-refractivity contribution is 0.0696. The smallest absolute Gasteiger partial charge is 0.335 e. The molecule has 4 nitrogen and oxygen atoms in total. The molecule has 0 aliphatic heterocycles. The SMILES string of the molecule is Cc1cscc1C(=O)Nc1cc(Cl)cc(C(=O)O)c1. The molecule has 19 heavy (non-hydrogen) atoms. The van der Waals surface area contributed by atoms with E-state index < -0.39 is 5.97 Å². The number of carbonyl (C=O) groups excluding carboxylic acids is 1. The maximum absolute atomic E-state index is 12.0. The van der Waals surface area contributed by atoms with Crippen molar-refractivity contribution in [1.82, 2.24) is 0 Å². The summed E-state index contributed by atoms with van der Waals surface area (Å²) in [6.07, 6.45) is 0. The van der Waals surface area contributed by atoms with Gasteiger partial charge in [-0.2, -0.15) is 11.3 Å². The zero-order valence-corrected chi connectivity index (χ0v) is 11.5. The molecule has 1 heterocycles. The number of nitrogens with one attached hydrogen (secondary N) is 1. The van der Waals surface area contributed by atoms with E-state index in [1.165, 1.54) is 29.5 Å². The van der Waals surface area contributed by atoms with Crippen molar-refractivity contribution in [3.05, 3.63) is 50.7 Å². The summed E-state index contributed by atoms with van der Waals surface area (Å²) >= 11 is 7.26. The molecular formula is C13H10ClNO3S. The Bertz CT molecular complexity index is 651. The number of anilines is 1. The summed E-state index contributed by atoms with van der Waals surface area (Å²) in [5.74, 6) is -1.37. The Morgan fingerprint density at radius 1 is 1.26 bits per heavy atom. The topological polar surface area (TPSA) is 66.4 Å². The number of hydrogen-bond donors (Lipinski definition) is 2. The lowest BCUT2D eigenvalue weighted by atomic mass is 10.1. The van der Waals surface area contributed by atoms with E-state index in [0.717, 1.165) is 5.56 Å². The number of rotatable bonds is 3. The van der Waals surface area contributed by atoms with E-state index in [9.17, 15) is 9.59 Å². The van der Waals surface area contributed by atoms with Crippen molar-refractivity contribution in [2.24, 2.45) is 0 Å². The molecule has 98 valence electrons. The highest BCUT2D eigenvalue weighted by Crippen LogP contribution is 2.21. The molecule has 0 aliphatic carbocycles. The first kappa shape index (κ1) is 13.6. The average molecular weight is 296 g/mol. The largest absolute Gasteiger partial charge is 0.478 e. The first-order chi connectivity index (χ1) is 8.97. The molecule has 0 aliphatic rings. The fraction of sp³-hybridized carbons (Fsp3) is 0.0769. The fourth-order valence-corrected chi connectivity index (χ4v) is 2.64. The molecule has 0 spiro atoms. The van der Waals surface area contributed by atoms with Crippen LogP contribution in [0.2, 0.25) is 5.02 Å². The van der Waals surface area contributed by atoms with Gasteiger partial charge in [0.25, 0.3) is 5.91 Å². The molecule has 0 bridgehead atoms. The number of thiophene rings is 1.